The van der Waals surface area contributed by atoms with E-state index < -0.39 is 0 Å². The summed E-state index contributed by atoms with van der Waals surface area (Å²) < 4.78 is 5.60. The third kappa shape index (κ3) is 5.69. The Hall–Kier alpha value is -1.52. The van der Waals surface area contributed by atoms with Gasteiger partial charge in [-0.05, 0) is 67.3 Å². The van der Waals surface area contributed by atoms with Crippen molar-refractivity contribution >= 4 is 16.9 Å². The molecule has 1 aliphatic carbocycles. The van der Waals surface area contributed by atoms with E-state index in [9.17, 15) is 0 Å². The summed E-state index contributed by atoms with van der Waals surface area (Å²) in [6, 6.07) is 7.26. The van der Waals surface area contributed by atoms with Crippen molar-refractivity contribution in [1.82, 2.24) is 4.90 Å². The van der Waals surface area contributed by atoms with Gasteiger partial charge in [0.05, 0.1) is 13.2 Å². The summed E-state index contributed by atoms with van der Waals surface area (Å²) in [5.41, 5.74) is 6.28. The molecule has 2 saturated heterocycles. The fourth-order valence-electron chi connectivity index (χ4n) is 5.53. The SMILES string of the molecule is CCCCN1CCN(c2ccc(N3CCOCC3)cc2C2=CCC(C(C)(C)C)CC2)CC1. The van der Waals surface area contributed by atoms with E-state index in [1.54, 1.807) is 5.57 Å². The van der Waals surface area contributed by atoms with Crippen LogP contribution in [-0.2, 0) is 4.74 Å². The van der Waals surface area contributed by atoms with Crippen molar-refractivity contribution in [1.29, 1.82) is 0 Å². The highest BCUT2D eigenvalue weighted by atomic mass is 16.5. The molecular formula is C28H45N3O. The lowest BCUT2D eigenvalue weighted by Crippen LogP contribution is -2.47. The van der Waals surface area contributed by atoms with Crippen LogP contribution in [0, 0.1) is 11.3 Å². The Morgan fingerprint density at radius 3 is 2.34 bits per heavy atom. The van der Waals surface area contributed by atoms with Gasteiger partial charge in [0.2, 0.25) is 0 Å². The second-order valence-electron chi connectivity index (χ2n) is 11.0. The van der Waals surface area contributed by atoms with Gasteiger partial charge in [0.15, 0.2) is 0 Å². The molecule has 0 bridgehead atoms. The quantitative estimate of drug-likeness (QED) is 0.568. The third-order valence-corrected chi connectivity index (χ3v) is 7.88. The van der Waals surface area contributed by atoms with Gasteiger partial charge in [-0.1, -0.05) is 40.2 Å². The van der Waals surface area contributed by atoms with Crippen molar-refractivity contribution in [3.63, 3.8) is 0 Å². The van der Waals surface area contributed by atoms with Crippen LogP contribution in [0.4, 0.5) is 11.4 Å². The van der Waals surface area contributed by atoms with Gasteiger partial charge in [-0.2, -0.15) is 0 Å². The van der Waals surface area contributed by atoms with Gasteiger partial charge in [-0.15, -0.1) is 0 Å². The number of ether oxygens (including phenoxy) is 1. The molecule has 0 N–H and O–H groups in total. The van der Waals surface area contributed by atoms with E-state index in [0.29, 0.717) is 5.41 Å². The minimum atomic E-state index is 0.398. The van der Waals surface area contributed by atoms with E-state index in [1.165, 1.54) is 68.7 Å². The third-order valence-electron chi connectivity index (χ3n) is 7.88. The molecule has 2 fully saturated rings. The number of allylic oxidation sites excluding steroid dienone is 2. The Morgan fingerprint density at radius 2 is 1.72 bits per heavy atom. The highest BCUT2D eigenvalue weighted by Crippen LogP contribution is 2.42. The Labute approximate surface area is 196 Å². The molecule has 1 unspecified atom stereocenters. The average molecular weight is 440 g/mol. The van der Waals surface area contributed by atoms with Crippen LogP contribution in [-0.4, -0.2) is 63.9 Å². The van der Waals surface area contributed by atoms with Crippen molar-refractivity contribution in [2.24, 2.45) is 11.3 Å². The lowest BCUT2D eigenvalue weighted by atomic mass is 9.72. The molecule has 3 aliphatic rings. The summed E-state index contributed by atoms with van der Waals surface area (Å²) in [5, 5.41) is 0. The fraction of sp³-hybridized carbons (Fsp3) is 0.714. The molecule has 1 aromatic rings. The van der Waals surface area contributed by atoms with Crippen molar-refractivity contribution in [2.45, 2.75) is 59.8 Å². The summed E-state index contributed by atoms with van der Waals surface area (Å²) >= 11 is 0. The summed E-state index contributed by atoms with van der Waals surface area (Å²) in [6.45, 7) is 19.1. The van der Waals surface area contributed by atoms with Crippen LogP contribution in [0.5, 0.6) is 0 Å². The highest BCUT2D eigenvalue weighted by molar-refractivity contribution is 5.80. The fourth-order valence-corrected chi connectivity index (χ4v) is 5.53. The zero-order chi connectivity index (χ0) is 22.6. The van der Waals surface area contributed by atoms with Gasteiger partial charge < -0.3 is 14.5 Å². The van der Waals surface area contributed by atoms with E-state index in [0.717, 1.165) is 45.3 Å². The summed E-state index contributed by atoms with van der Waals surface area (Å²) in [6.07, 6.45) is 8.90. The van der Waals surface area contributed by atoms with E-state index in [2.05, 4.69) is 66.7 Å². The van der Waals surface area contributed by atoms with Crippen LogP contribution in [0.2, 0.25) is 0 Å². The van der Waals surface area contributed by atoms with Crippen LogP contribution in [0.15, 0.2) is 24.3 Å². The Bertz CT molecular complexity index is 767. The Kier molecular flexibility index (Phi) is 7.83. The predicted molar refractivity (Wildman–Crippen MR) is 138 cm³/mol. The maximum Gasteiger partial charge on any atom is 0.0642 e. The zero-order valence-corrected chi connectivity index (χ0v) is 21.0. The maximum atomic E-state index is 5.60. The van der Waals surface area contributed by atoms with Crippen molar-refractivity contribution in [3.05, 3.63) is 29.8 Å². The first-order valence-electron chi connectivity index (χ1n) is 13.1. The van der Waals surface area contributed by atoms with Crippen molar-refractivity contribution in [2.75, 3.05) is 68.8 Å². The number of unbranched alkanes of at least 4 members (excludes halogenated alkanes) is 1. The molecule has 1 atom stereocenters. The van der Waals surface area contributed by atoms with E-state index in [1.807, 2.05) is 0 Å². The summed E-state index contributed by atoms with van der Waals surface area (Å²) in [7, 11) is 0. The van der Waals surface area contributed by atoms with E-state index in [4.69, 9.17) is 4.74 Å². The smallest absolute Gasteiger partial charge is 0.0642 e. The minimum Gasteiger partial charge on any atom is -0.378 e. The van der Waals surface area contributed by atoms with Crippen LogP contribution in [0.1, 0.15) is 65.4 Å². The van der Waals surface area contributed by atoms with Crippen LogP contribution < -0.4 is 9.80 Å². The molecule has 178 valence electrons. The first-order valence-corrected chi connectivity index (χ1v) is 13.1. The number of nitrogens with zero attached hydrogens (tertiary/aromatic N) is 3. The topological polar surface area (TPSA) is 19.0 Å². The van der Waals surface area contributed by atoms with Crippen molar-refractivity contribution < 1.29 is 4.74 Å². The van der Waals surface area contributed by atoms with Crippen LogP contribution in [0.3, 0.4) is 0 Å². The van der Waals surface area contributed by atoms with Gasteiger partial charge >= 0.3 is 0 Å². The lowest BCUT2D eigenvalue weighted by Gasteiger charge is -2.39. The second kappa shape index (κ2) is 10.6. The Morgan fingerprint density at radius 1 is 0.969 bits per heavy atom. The number of benzene rings is 1. The number of morpholine rings is 1. The molecule has 4 heteroatoms. The summed E-state index contributed by atoms with van der Waals surface area (Å²) in [4.78, 5) is 7.80. The molecule has 0 radical (unpaired) electrons. The first-order chi connectivity index (χ1) is 15.5. The monoisotopic (exact) mass is 439 g/mol. The molecule has 2 heterocycles. The standard InChI is InChI=1S/C28H45N3O/c1-5-6-13-29-14-16-31(17-15-29)27-12-11-25(30-18-20-32-21-19-30)22-26(27)23-7-9-24(10-8-23)28(2,3)4/h7,11-12,22,24H,5-6,8-10,13-21H2,1-4H3. The van der Waals surface area contributed by atoms with Crippen molar-refractivity contribution in [3.8, 4) is 0 Å². The minimum absolute atomic E-state index is 0.398. The number of hydrogen-bond acceptors (Lipinski definition) is 4. The molecule has 4 nitrogen and oxygen atoms in total. The molecule has 0 amide bonds. The average Bonchev–Trinajstić information content (AvgIpc) is 2.83. The van der Waals surface area contributed by atoms with Gasteiger partial charge in [0.25, 0.3) is 0 Å². The molecule has 2 aliphatic heterocycles. The number of rotatable bonds is 6. The second-order valence-corrected chi connectivity index (χ2v) is 11.0. The van der Waals surface area contributed by atoms with Crippen LogP contribution in [0.25, 0.3) is 5.57 Å². The highest BCUT2D eigenvalue weighted by Gasteiger charge is 2.28. The van der Waals surface area contributed by atoms with Gasteiger partial charge in [0, 0.05) is 56.2 Å². The van der Waals surface area contributed by atoms with Gasteiger partial charge in [0.1, 0.15) is 0 Å². The summed E-state index contributed by atoms with van der Waals surface area (Å²) in [5.74, 6) is 0.791. The largest absolute Gasteiger partial charge is 0.378 e. The molecule has 32 heavy (non-hydrogen) atoms. The van der Waals surface area contributed by atoms with Gasteiger partial charge in [-0.25, -0.2) is 0 Å². The molecular weight excluding hydrogens is 394 g/mol. The molecule has 0 spiro atoms. The Balaban J connectivity index is 1.56. The predicted octanol–water partition coefficient (Wildman–Crippen LogP) is 5.67. The zero-order valence-electron chi connectivity index (χ0n) is 21.0. The first kappa shape index (κ1) is 23.6. The van der Waals surface area contributed by atoms with E-state index >= 15 is 0 Å². The molecule has 4 rings (SSSR count). The lowest BCUT2D eigenvalue weighted by molar-refractivity contribution is 0.122. The van der Waals surface area contributed by atoms with Crippen LogP contribution >= 0.6 is 0 Å². The molecule has 0 aromatic heterocycles. The number of hydrogen-bond donors (Lipinski definition) is 0. The van der Waals surface area contributed by atoms with E-state index in [-0.39, 0.29) is 0 Å². The molecule has 0 saturated carbocycles. The molecule has 1 aromatic carbocycles. The normalized spacial score (nSPS) is 23.4. The maximum absolute atomic E-state index is 5.60. The number of anilines is 2. The van der Waals surface area contributed by atoms with Gasteiger partial charge in [-0.3, -0.25) is 4.90 Å². The number of piperazine rings is 1.